The summed E-state index contributed by atoms with van der Waals surface area (Å²) in [6.45, 7) is 11.3. The molecule has 2 nitrogen and oxygen atoms in total. The van der Waals surface area contributed by atoms with Crippen molar-refractivity contribution in [2.75, 3.05) is 11.6 Å². The molecule has 0 radical (unpaired) electrons. The van der Waals surface area contributed by atoms with Gasteiger partial charge in [-0.05, 0) is 54.2 Å². The fourth-order valence-corrected chi connectivity index (χ4v) is 4.48. The molecule has 0 spiro atoms. The summed E-state index contributed by atoms with van der Waals surface area (Å²) >= 11 is 1.76. The molecule has 154 valence electrons. The molecule has 3 aromatic rings. The lowest BCUT2D eigenvalue weighted by atomic mass is 9.80. The van der Waals surface area contributed by atoms with Crippen LogP contribution in [0.15, 0.2) is 106 Å². The molecular weight excluding hydrogens is 384 g/mol. The molecule has 0 heterocycles. The van der Waals surface area contributed by atoms with Crippen molar-refractivity contribution < 1.29 is 0 Å². The van der Waals surface area contributed by atoms with Gasteiger partial charge in [-0.25, -0.2) is 0 Å². The Labute approximate surface area is 185 Å². The molecule has 3 rings (SSSR count). The molecule has 0 fully saturated rings. The minimum atomic E-state index is 0.0208. The molecule has 0 aliphatic carbocycles. The molecule has 0 atom stereocenters. The van der Waals surface area contributed by atoms with Gasteiger partial charge in [0.2, 0.25) is 0 Å². The summed E-state index contributed by atoms with van der Waals surface area (Å²) in [6.07, 6.45) is 4.80. The van der Waals surface area contributed by atoms with Crippen LogP contribution in [0.3, 0.4) is 0 Å². The van der Waals surface area contributed by atoms with Crippen molar-refractivity contribution in [2.24, 2.45) is 5.10 Å². The zero-order valence-corrected chi connectivity index (χ0v) is 18.9. The minimum absolute atomic E-state index is 0.0208. The highest BCUT2D eigenvalue weighted by atomic mass is 32.2. The first-order valence-electron chi connectivity index (χ1n) is 10.3. The molecule has 0 N–H and O–H groups in total. The summed E-state index contributed by atoms with van der Waals surface area (Å²) in [5.74, 6) is 0. The Morgan fingerprint density at radius 2 is 1.60 bits per heavy atom. The van der Waals surface area contributed by atoms with E-state index in [4.69, 9.17) is 5.10 Å². The molecule has 0 saturated heterocycles. The number of hydrogen-bond donors (Lipinski definition) is 0. The summed E-state index contributed by atoms with van der Waals surface area (Å²) in [6, 6.07) is 27.5. The van der Waals surface area contributed by atoms with Crippen LogP contribution in [-0.2, 0) is 5.41 Å². The molecule has 3 heteroatoms. The maximum absolute atomic E-state index is 4.85. The van der Waals surface area contributed by atoms with Crippen LogP contribution in [0.1, 0.15) is 31.4 Å². The zero-order chi connectivity index (χ0) is 21.4. The van der Waals surface area contributed by atoms with E-state index in [-0.39, 0.29) is 5.41 Å². The number of hydrogen-bond acceptors (Lipinski definition) is 3. The van der Waals surface area contributed by atoms with Gasteiger partial charge in [-0.2, -0.15) is 5.10 Å². The molecular formula is C27H30N2S. The van der Waals surface area contributed by atoms with Crippen molar-refractivity contribution in [2.45, 2.75) is 42.4 Å². The van der Waals surface area contributed by atoms with Gasteiger partial charge in [0.1, 0.15) is 0 Å². The second-order valence-corrected chi connectivity index (χ2v) is 9.07. The Morgan fingerprint density at radius 3 is 2.33 bits per heavy atom. The van der Waals surface area contributed by atoms with Crippen LogP contribution in [0.2, 0.25) is 0 Å². The molecule has 0 unspecified atom stereocenters. The molecule has 0 aliphatic rings. The van der Waals surface area contributed by atoms with Gasteiger partial charge in [0.05, 0.1) is 12.2 Å². The van der Waals surface area contributed by atoms with Gasteiger partial charge in [-0.15, -0.1) is 6.58 Å². The number of anilines is 1. The van der Waals surface area contributed by atoms with E-state index in [9.17, 15) is 0 Å². The van der Waals surface area contributed by atoms with Crippen molar-refractivity contribution in [1.82, 2.24) is 0 Å². The van der Waals surface area contributed by atoms with E-state index >= 15 is 0 Å². The smallest absolute Gasteiger partial charge is 0.0736 e. The van der Waals surface area contributed by atoms with E-state index in [1.165, 1.54) is 20.9 Å². The van der Waals surface area contributed by atoms with Crippen LogP contribution in [0, 0.1) is 6.92 Å². The van der Waals surface area contributed by atoms with Gasteiger partial charge in [0.15, 0.2) is 0 Å². The third-order valence-electron chi connectivity index (χ3n) is 5.11. The molecule has 0 amide bonds. The maximum Gasteiger partial charge on any atom is 0.0736 e. The van der Waals surface area contributed by atoms with Crippen LogP contribution in [0.25, 0.3) is 0 Å². The van der Waals surface area contributed by atoms with Crippen molar-refractivity contribution in [3.63, 3.8) is 0 Å². The Morgan fingerprint density at radius 1 is 0.933 bits per heavy atom. The highest BCUT2D eigenvalue weighted by Gasteiger charge is 2.21. The first kappa shape index (κ1) is 21.9. The van der Waals surface area contributed by atoms with E-state index in [0.29, 0.717) is 6.54 Å². The Bertz CT molecular complexity index is 993. The predicted octanol–water partition coefficient (Wildman–Crippen LogP) is 7.49. The third kappa shape index (κ3) is 5.64. The Balaban J connectivity index is 1.81. The van der Waals surface area contributed by atoms with Crippen molar-refractivity contribution in [1.29, 1.82) is 0 Å². The average Bonchev–Trinajstić information content (AvgIpc) is 2.74. The molecule has 0 aliphatic heterocycles. The SMILES string of the molecule is C=CCN(/N=C/CC(C)(C)c1ccccc1C)c1ccccc1Sc1ccccc1. The largest absolute Gasteiger partial charge is 0.261 e. The van der Waals surface area contributed by atoms with E-state index < -0.39 is 0 Å². The number of hydrazone groups is 1. The second-order valence-electron chi connectivity index (χ2n) is 7.95. The maximum atomic E-state index is 4.85. The van der Waals surface area contributed by atoms with Crippen LogP contribution >= 0.6 is 11.8 Å². The molecule has 0 saturated carbocycles. The average molecular weight is 415 g/mol. The number of nitrogens with zero attached hydrogens (tertiary/aromatic N) is 2. The molecule has 30 heavy (non-hydrogen) atoms. The van der Waals surface area contributed by atoms with Gasteiger partial charge >= 0.3 is 0 Å². The van der Waals surface area contributed by atoms with Crippen LogP contribution < -0.4 is 5.01 Å². The van der Waals surface area contributed by atoms with Crippen LogP contribution in [-0.4, -0.2) is 12.8 Å². The van der Waals surface area contributed by atoms with Gasteiger partial charge in [0.25, 0.3) is 0 Å². The van der Waals surface area contributed by atoms with Gasteiger partial charge in [-0.1, -0.05) is 86.3 Å². The monoisotopic (exact) mass is 414 g/mol. The van der Waals surface area contributed by atoms with Gasteiger partial charge in [0, 0.05) is 16.0 Å². The number of aryl methyl sites for hydroxylation is 1. The lowest BCUT2D eigenvalue weighted by Crippen LogP contribution is -2.21. The first-order valence-corrected chi connectivity index (χ1v) is 11.1. The van der Waals surface area contributed by atoms with E-state index in [1.54, 1.807) is 11.8 Å². The summed E-state index contributed by atoms with van der Waals surface area (Å²) < 4.78 is 0. The fourth-order valence-electron chi connectivity index (χ4n) is 3.51. The van der Waals surface area contributed by atoms with E-state index in [1.807, 2.05) is 23.4 Å². The summed E-state index contributed by atoms with van der Waals surface area (Å²) in [7, 11) is 0. The summed E-state index contributed by atoms with van der Waals surface area (Å²) in [4.78, 5) is 2.40. The lowest BCUT2D eigenvalue weighted by Gasteiger charge is -2.26. The highest BCUT2D eigenvalue weighted by Crippen LogP contribution is 2.35. The number of benzene rings is 3. The fraction of sp³-hybridized carbons (Fsp3) is 0.222. The Hall–Kier alpha value is -2.78. The van der Waals surface area contributed by atoms with Crippen LogP contribution in [0.5, 0.6) is 0 Å². The van der Waals surface area contributed by atoms with Crippen molar-refractivity contribution >= 4 is 23.7 Å². The summed E-state index contributed by atoms with van der Waals surface area (Å²) in [5, 5.41) is 6.88. The zero-order valence-electron chi connectivity index (χ0n) is 18.1. The van der Waals surface area contributed by atoms with Gasteiger partial charge < -0.3 is 0 Å². The van der Waals surface area contributed by atoms with Crippen LogP contribution in [0.4, 0.5) is 5.69 Å². The minimum Gasteiger partial charge on any atom is -0.261 e. The van der Waals surface area contributed by atoms with E-state index in [2.05, 4.69) is 100 Å². The molecule has 0 aromatic heterocycles. The Kier molecular flexibility index (Phi) is 7.53. The standard InChI is InChI=1S/C27H30N2S/c1-5-21-29(28-20-19-27(3,4)24-16-10-9-13-22(24)2)25-17-11-12-18-26(25)30-23-14-7-6-8-15-23/h5-18,20H,1,19,21H2,2-4H3/b28-20+. The predicted molar refractivity (Wildman–Crippen MR) is 132 cm³/mol. The van der Waals surface area contributed by atoms with E-state index in [0.717, 1.165) is 12.1 Å². The van der Waals surface area contributed by atoms with Crippen molar-refractivity contribution in [3.8, 4) is 0 Å². The number of para-hydroxylation sites is 1. The summed E-state index contributed by atoms with van der Waals surface area (Å²) in [5.41, 5.74) is 3.80. The highest BCUT2D eigenvalue weighted by molar-refractivity contribution is 7.99. The normalized spacial score (nSPS) is 11.6. The second kappa shape index (κ2) is 10.3. The lowest BCUT2D eigenvalue weighted by molar-refractivity contribution is 0.549. The molecule has 0 bridgehead atoms. The topological polar surface area (TPSA) is 15.6 Å². The first-order chi connectivity index (χ1) is 14.5. The third-order valence-corrected chi connectivity index (χ3v) is 6.19. The van der Waals surface area contributed by atoms with Crippen molar-refractivity contribution in [3.05, 3.63) is 103 Å². The molecule has 3 aromatic carbocycles. The quantitative estimate of drug-likeness (QED) is 0.205. The number of rotatable bonds is 9. The van der Waals surface area contributed by atoms with Gasteiger partial charge in [-0.3, -0.25) is 5.01 Å².